The van der Waals surface area contributed by atoms with E-state index in [2.05, 4.69) is 4.98 Å². The topological polar surface area (TPSA) is 71.3 Å². The molecule has 3 aromatic rings. The number of alkyl halides is 2. The van der Waals surface area contributed by atoms with Gasteiger partial charge in [0, 0.05) is 31.4 Å². The first-order valence-corrected chi connectivity index (χ1v) is 11.1. The Labute approximate surface area is 196 Å². The van der Waals surface area contributed by atoms with Crippen LogP contribution in [0, 0.1) is 5.92 Å². The number of rotatable bonds is 11. The van der Waals surface area contributed by atoms with Gasteiger partial charge in [0.15, 0.2) is 5.78 Å². The summed E-state index contributed by atoms with van der Waals surface area (Å²) in [5, 5.41) is 0. The number of hydrogen-bond donors (Lipinski definition) is 0. The monoisotopic (exact) mass is 474 g/mol. The van der Waals surface area contributed by atoms with Crippen LogP contribution in [0.15, 0.2) is 36.7 Å². The number of ether oxygens (including phenoxy) is 4. The molecule has 34 heavy (non-hydrogen) atoms. The number of imidazole rings is 1. The van der Waals surface area contributed by atoms with E-state index in [1.165, 1.54) is 13.2 Å². The number of ketones is 1. The number of fused-ring (bicyclic) bond motifs is 1. The molecule has 0 N–H and O–H groups in total. The number of aromatic nitrogens is 2. The van der Waals surface area contributed by atoms with E-state index in [0.29, 0.717) is 35.2 Å². The third kappa shape index (κ3) is 5.30. The van der Waals surface area contributed by atoms with Crippen molar-refractivity contribution >= 4 is 11.4 Å². The Kier molecular flexibility index (Phi) is 6.74. The predicted molar refractivity (Wildman–Crippen MR) is 122 cm³/mol. The number of hydrogen-bond acceptors (Lipinski definition) is 6. The van der Waals surface area contributed by atoms with Crippen LogP contribution in [0.1, 0.15) is 43.5 Å². The van der Waals surface area contributed by atoms with Gasteiger partial charge in [0.05, 0.1) is 24.6 Å². The summed E-state index contributed by atoms with van der Waals surface area (Å²) in [7, 11) is 3.03. The average molecular weight is 475 g/mol. The molecule has 0 amide bonds. The number of carbonyl (C=O) groups is 1. The van der Waals surface area contributed by atoms with Crippen molar-refractivity contribution in [3.05, 3.63) is 42.2 Å². The van der Waals surface area contributed by atoms with E-state index in [1.807, 2.05) is 13.8 Å². The van der Waals surface area contributed by atoms with Crippen molar-refractivity contribution in [3.63, 3.8) is 0 Å². The Morgan fingerprint density at radius 3 is 2.59 bits per heavy atom. The smallest absolute Gasteiger partial charge is 0.387 e. The fourth-order valence-electron chi connectivity index (χ4n) is 3.63. The van der Waals surface area contributed by atoms with Crippen molar-refractivity contribution in [2.45, 2.75) is 45.3 Å². The molecular formula is C25H28F2N2O5. The molecular weight excluding hydrogens is 446 g/mol. The molecule has 0 unspecified atom stereocenters. The van der Waals surface area contributed by atoms with Gasteiger partial charge >= 0.3 is 6.61 Å². The predicted octanol–water partition coefficient (Wildman–Crippen LogP) is 5.40. The SMILES string of the molecule is COc1cc(-c2cnc3cc(OCC(C)(C)OC)ccn23)cc(OC(F)F)c1C(=O)CC1CC1. The number of methoxy groups -OCH3 is 2. The van der Waals surface area contributed by atoms with Crippen LogP contribution in [-0.2, 0) is 4.74 Å². The van der Waals surface area contributed by atoms with Gasteiger partial charge in [0.25, 0.3) is 0 Å². The normalized spacial score (nSPS) is 14.0. The molecule has 1 aliphatic rings. The van der Waals surface area contributed by atoms with Crippen LogP contribution in [0.5, 0.6) is 17.2 Å². The van der Waals surface area contributed by atoms with E-state index < -0.39 is 12.2 Å². The van der Waals surface area contributed by atoms with E-state index in [9.17, 15) is 13.6 Å². The zero-order valence-corrected chi connectivity index (χ0v) is 19.6. The number of halogens is 2. The molecule has 182 valence electrons. The van der Waals surface area contributed by atoms with Gasteiger partial charge in [-0.2, -0.15) is 8.78 Å². The molecule has 2 heterocycles. The van der Waals surface area contributed by atoms with Crippen molar-refractivity contribution in [1.82, 2.24) is 9.38 Å². The summed E-state index contributed by atoms with van der Waals surface area (Å²) < 4.78 is 49.6. The van der Waals surface area contributed by atoms with Crippen LogP contribution in [0.25, 0.3) is 16.9 Å². The van der Waals surface area contributed by atoms with Crippen molar-refractivity contribution in [1.29, 1.82) is 0 Å². The highest BCUT2D eigenvalue weighted by atomic mass is 19.3. The van der Waals surface area contributed by atoms with Crippen molar-refractivity contribution in [3.8, 4) is 28.5 Å². The van der Waals surface area contributed by atoms with E-state index in [4.69, 9.17) is 18.9 Å². The Bertz CT molecular complexity index is 1190. The zero-order valence-electron chi connectivity index (χ0n) is 19.6. The van der Waals surface area contributed by atoms with Gasteiger partial charge in [-0.3, -0.25) is 9.20 Å². The van der Waals surface area contributed by atoms with Gasteiger partial charge in [0.2, 0.25) is 0 Å². The minimum atomic E-state index is -3.08. The molecule has 1 aromatic carbocycles. The van der Waals surface area contributed by atoms with Gasteiger partial charge in [-0.05, 0) is 50.8 Å². The molecule has 1 saturated carbocycles. The summed E-state index contributed by atoms with van der Waals surface area (Å²) in [6.45, 7) is 1.12. The Balaban J connectivity index is 1.70. The summed E-state index contributed by atoms with van der Waals surface area (Å²) in [4.78, 5) is 17.3. The van der Waals surface area contributed by atoms with Crippen molar-refractivity contribution in [2.24, 2.45) is 5.92 Å². The second-order valence-electron chi connectivity index (χ2n) is 8.99. The second kappa shape index (κ2) is 9.58. The highest BCUT2D eigenvalue weighted by Gasteiger charge is 2.30. The molecule has 2 aromatic heterocycles. The number of nitrogens with zero attached hydrogens (tertiary/aromatic N) is 2. The summed E-state index contributed by atoms with van der Waals surface area (Å²) in [5.74, 6) is 0.638. The van der Waals surface area contributed by atoms with Crippen molar-refractivity contribution in [2.75, 3.05) is 20.8 Å². The minimum absolute atomic E-state index is 0.0451. The Morgan fingerprint density at radius 1 is 1.21 bits per heavy atom. The largest absolute Gasteiger partial charge is 0.496 e. The summed E-state index contributed by atoms with van der Waals surface area (Å²) in [6.07, 6.45) is 5.61. The van der Waals surface area contributed by atoms with Crippen LogP contribution < -0.4 is 14.2 Å². The first-order chi connectivity index (χ1) is 16.2. The van der Waals surface area contributed by atoms with Crippen LogP contribution >= 0.6 is 0 Å². The Morgan fingerprint density at radius 2 is 1.94 bits per heavy atom. The molecule has 0 bridgehead atoms. The molecule has 0 atom stereocenters. The van der Waals surface area contributed by atoms with Crippen LogP contribution in [-0.4, -0.2) is 48.2 Å². The van der Waals surface area contributed by atoms with Crippen molar-refractivity contribution < 1.29 is 32.5 Å². The molecule has 7 nitrogen and oxygen atoms in total. The molecule has 0 radical (unpaired) electrons. The fourth-order valence-corrected chi connectivity index (χ4v) is 3.63. The van der Waals surface area contributed by atoms with Gasteiger partial charge in [-0.15, -0.1) is 0 Å². The highest BCUT2D eigenvalue weighted by Crippen LogP contribution is 2.40. The van der Waals surface area contributed by atoms with Gasteiger partial charge in [0.1, 0.15) is 35.1 Å². The lowest BCUT2D eigenvalue weighted by atomic mass is 10.00. The lowest BCUT2D eigenvalue weighted by Gasteiger charge is -2.22. The first-order valence-electron chi connectivity index (χ1n) is 11.1. The standard InChI is InChI=1S/C25H28F2N2O5/c1-25(2,32-4)14-33-17-7-8-29-18(13-28-22(29)12-17)16-10-20(31-3)23(19(30)9-15-5-6-15)21(11-16)34-24(26)27/h7-8,10-13,15,24H,5-6,9,14H2,1-4H3. The quantitative estimate of drug-likeness (QED) is 0.347. The van der Waals surface area contributed by atoms with Gasteiger partial charge in [-0.1, -0.05) is 0 Å². The van der Waals surface area contributed by atoms with Gasteiger partial charge in [-0.25, -0.2) is 4.98 Å². The highest BCUT2D eigenvalue weighted by molar-refractivity contribution is 6.02. The molecule has 1 aliphatic carbocycles. The van der Waals surface area contributed by atoms with Crippen LogP contribution in [0.2, 0.25) is 0 Å². The lowest BCUT2D eigenvalue weighted by molar-refractivity contribution is -0.0502. The summed E-state index contributed by atoms with van der Waals surface area (Å²) in [6, 6.07) is 6.64. The third-order valence-corrected chi connectivity index (χ3v) is 5.87. The second-order valence-corrected chi connectivity index (χ2v) is 8.99. The average Bonchev–Trinajstić information content (AvgIpc) is 3.51. The number of carbonyl (C=O) groups excluding carboxylic acids is 1. The number of Topliss-reactive ketones (excluding diaryl/α,β-unsaturated/α-hetero) is 1. The number of benzene rings is 1. The maximum absolute atomic E-state index is 13.2. The fraction of sp³-hybridized carbons (Fsp3) is 0.440. The maximum atomic E-state index is 13.2. The Hall–Kier alpha value is -3.20. The summed E-state index contributed by atoms with van der Waals surface area (Å²) >= 11 is 0. The van der Waals surface area contributed by atoms with E-state index in [-0.39, 0.29) is 29.3 Å². The molecule has 1 fully saturated rings. The van der Waals surface area contributed by atoms with E-state index in [0.717, 1.165) is 12.8 Å². The molecule has 9 heteroatoms. The first kappa shape index (κ1) is 23.9. The maximum Gasteiger partial charge on any atom is 0.387 e. The summed E-state index contributed by atoms with van der Waals surface area (Å²) in [5.41, 5.74) is 1.36. The lowest BCUT2D eigenvalue weighted by Crippen LogP contribution is -2.30. The minimum Gasteiger partial charge on any atom is -0.496 e. The molecule has 4 rings (SSSR count). The van der Waals surface area contributed by atoms with E-state index >= 15 is 0 Å². The molecule has 0 aliphatic heterocycles. The van der Waals surface area contributed by atoms with Crippen LogP contribution in [0.3, 0.4) is 0 Å². The van der Waals surface area contributed by atoms with Gasteiger partial charge < -0.3 is 18.9 Å². The molecule has 0 saturated heterocycles. The number of pyridine rings is 1. The molecule has 0 spiro atoms. The zero-order chi connectivity index (χ0) is 24.5. The van der Waals surface area contributed by atoms with E-state index in [1.54, 1.807) is 42.1 Å². The van der Waals surface area contributed by atoms with Crippen LogP contribution in [0.4, 0.5) is 8.78 Å². The third-order valence-electron chi connectivity index (χ3n) is 5.87.